The molecule has 0 aliphatic carbocycles. The van der Waals surface area contributed by atoms with Gasteiger partial charge in [-0.25, -0.2) is 22.7 Å². The number of hydrogen-bond donors (Lipinski definition) is 3. The molecule has 0 saturated carbocycles. The van der Waals surface area contributed by atoms with Gasteiger partial charge in [0.1, 0.15) is 15.5 Å². The fourth-order valence-corrected chi connectivity index (χ4v) is 5.03. The van der Waals surface area contributed by atoms with Crippen LogP contribution in [-0.4, -0.2) is 33.5 Å². The predicted octanol–water partition coefficient (Wildman–Crippen LogP) is -0.389. The topological polar surface area (TPSA) is 139 Å². The first-order chi connectivity index (χ1) is 10.3. The summed E-state index contributed by atoms with van der Waals surface area (Å²) >= 11 is 0. The van der Waals surface area contributed by atoms with Crippen molar-refractivity contribution < 1.29 is 21.6 Å². The van der Waals surface area contributed by atoms with Gasteiger partial charge in [-0.2, -0.15) is 0 Å². The molecule has 0 aliphatic heterocycles. The number of amides is 1. The molecule has 118 valence electrons. The lowest BCUT2D eigenvalue weighted by Crippen LogP contribution is -2.35. The van der Waals surface area contributed by atoms with Crippen LogP contribution in [0.1, 0.15) is 0 Å². The Kier molecular flexibility index (Phi) is 4.35. The van der Waals surface area contributed by atoms with Crippen molar-refractivity contribution >= 4 is 25.6 Å². The molecule has 10 heteroatoms. The van der Waals surface area contributed by atoms with Crippen LogP contribution < -0.4 is 11.3 Å². The van der Waals surface area contributed by atoms with Gasteiger partial charge in [-0.15, -0.1) is 0 Å². The van der Waals surface area contributed by atoms with E-state index in [-0.39, 0.29) is 4.90 Å². The predicted molar refractivity (Wildman–Crippen MR) is 77.1 cm³/mol. The minimum atomic E-state index is -4.15. The van der Waals surface area contributed by atoms with Crippen LogP contribution in [-0.2, 0) is 24.5 Å². The van der Waals surface area contributed by atoms with E-state index in [9.17, 15) is 21.6 Å². The number of carbonyl (C=O) groups is 1. The quantitative estimate of drug-likeness (QED) is 0.384. The lowest BCUT2D eigenvalue weighted by Gasteiger charge is -2.06. The molecule has 1 amide bonds. The van der Waals surface area contributed by atoms with Crippen LogP contribution >= 0.6 is 0 Å². The Morgan fingerprint density at radius 3 is 2.23 bits per heavy atom. The summed E-state index contributed by atoms with van der Waals surface area (Å²) in [6.45, 7) is 0. The smallest absolute Gasteiger partial charge is 0.249 e. The fraction of sp³-hybridized carbons (Fsp3) is 0.0833. The molecule has 0 aliphatic rings. The van der Waals surface area contributed by atoms with E-state index in [0.29, 0.717) is 0 Å². The maximum Gasteiger partial charge on any atom is 0.249 e. The van der Waals surface area contributed by atoms with Crippen molar-refractivity contribution in [2.24, 2.45) is 5.84 Å². The summed E-state index contributed by atoms with van der Waals surface area (Å²) in [4.78, 5) is 12.7. The minimum Gasteiger partial charge on any atom is -0.365 e. The first-order valence-corrected chi connectivity index (χ1v) is 9.11. The van der Waals surface area contributed by atoms with Gasteiger partial charge in [0.15, 0.2) is 9.84 Å². The van der Waals surface area contributed by atoms with E-state index in [1.54, 1.807) is 11.5 Å². The summed E-state index contributed by atoms with van der Waals surface area (Å²) in [5.74, 6) is 2.97. The number of hydrazine groups is 1. The van der Waals surface area contributed by atoms with Crippen molar-refractivity contribution in [3.63, 3.8) is 0 Å². The van der Waals surface area contributed by atoms with Crippen LogP contribution in [0.5, 0.6) is 0 Å². The zero-order valence-corrected chi connectivity index (χ0v) is 12.8. The molecule has 1 aromatic carbocycles. The largest absolute Gasteiger partial charge is 0.365 e. The average molecular weight is 343 g/mol. The number of sulfone groups is 2. The highest BCUT2D eigenvalue weighted by atomic mass is 32.2. The van der Waals surface area contributed by atoms with Crippen LogP contribution in [0.3, 0.4) is 0 Å². The van der Waals surface area contributed by atoms with Crippen molar-refractivity contribution in [1.29, 1.82) is 0 Å². The summed E-state index contributed by atoms with van der Waals surface area (Å²) < 4.78 is 49.3. The molecule has 1 heterocycles. The standard InChI is InChI=1S/C12H13N3O5S2/c13-15-12(16)8-21(17,18)10-6-14-7-11(10)22(19,20)9-4-2-1-3-5-9/h1-7,14H,8,13H2,(H,15,16). The van der Waals surface area contributed by atoms with Crippen LogP contribution in [0.2, 0.25) is 0 Å². The number of carbonyl (C=O) groups excluding carboxylic acids is 1. The fourth-order valence-electron chi connectivity index (χ4n) is 1.81. The third-order valence-corrected chi connectivity index (χ3v) is 6.42. The molecule has 0 spiro atoms. The molecular weight excluding hydrogens is 330 g/mol. The molecule has 0 unspecified atom stereocenters. The monoisotopic (exact) mass is 343 g/mol. The molecule has 22 heavy (non-hydrogen) atoms. The number of aromatic nitrogens is 1. The Labute approximate surface area is 127 Å². The van der Waals surface area contributed by atoms with Gasteiger partial charge in [-0.1, -0.05) is 18.2 Å². The molecule has 1 aromatic heterocycles. The summed E-state index contributed by atoms with van der Waals surface area (Å²) in [6.07, 6.45) is 2.09. The number of nitrogens with two attached hydrogens (primary N) is 1. The molecule has 0 bridgehead atoms. The Morgan fingerprint density at radius 2 is 1.64 bits per heavy atom. The number of aromatic amines is 1. The van der Waals surface area contributed by atoms with Gasteiger partial charge >= 0.3 is 0 Å². The third-order valence-electron chi connectivity index (χ3n) is 2.83. The van der Waals surface area contributed by atoms with Crippen molar-refractivity contribution in [2.75, 3.05) is 5.75 Å². The molecule has 0 saturated heterocycles. The van der Waals surface area contributed by atoms with E-state index >= 15 is 0 Å². The van der Waals surface area contributed by atoms with Crippen molar-refractivity contribution in [3.05, 3.63) is 42.7 Å². The molecular formula is C12H13N3O5S2. The zero-order valence-electron chi connectivity index (χ0n) is 11.2. The second kappa shape index (κ2) is 5.91. The van der Waals surface area contributed by atoms with Gasteiger partial charge in [0.25, 0.3) is 0 Å². The SMILES string of the molecule is NNC(=O)CS(=O)(=O)c1c[nH]cc1S(=O)(=O)c1ccccc1. The summed E-state index contributed by atoms with van der Waals surface area (Å²) in [7, 11) is -8.18. The summed E-state index contributed by atoms with van der Waals surface area (Å²) in [6, 6.07) is 7.39. The lowest BCUT2D eigenvalue weighted by atomic mass is 10.4. The molecule has 2 aromatic rings. The Bertz CT molecular complexity index is 886. The van der Waals surface area contributed by atoms with Gasteiger partial charge in [-0.3, -0.25) is 10.2 Å². The van der Waals surface area contributed by atoms with Gasteiger partial charge in [0.2, 0.25) is 15.7 Å². The van der Waals surface area contributed by atoms with Crippen LogP contribution in [0.4, 0.5) is 0 Å². The van der Waals surface area contributed by atoms with Crippen LogP contribution in [0.25, 0.3) is 0 Å². The van der Waals surface area contributed by atoms with E-state index in [1.807, 2.05) is 0 Å². The maximum absolute atomic E-state index is 12.5. The Morgan fingerprint density at radius 1 is 1.05 bits per heavy atom. The number of nitrogens with one attached hydrogen (secondary N) is 2. The van der Waals surface area contributed by atoms with Crippen LogP contribution in [0.15, 0.2) is 57.4 Å². The maximum atomic E-state index is 12.5. The molecule has 8 nitrogen and oxygen atoms in total. The molecule has 0 radical (unpaired) electrons. The number of rotatable bonds is 5. The summed E-state index contributed by atoms with van der Waals surface area (Å²) in [5, 5.41) is 0. The third kappa shape index (κ3) is 3.03. The Balaban J connectivity index is 2.53. The van der Waals surface area contributed by atoms with Gasteiger partial charge in [0.05, 0.1) is 4.90 Å². The first kappa shape index (κ1) is 16.2. The average Bonchev–Trinajstić information content (AvgIpc) is 2.99. The molecule has 0 atom stereocenters. The van der Waals surface area contributed by atoms with E-state index in [2.05, 4.69) is 4.98 Å². The second-order valence-electron chi connectivity index (χ2n) is 4.33. The Hall–Kier alpha value is -2.17. The molecule has 2 rings (SSSR count). The van der Waals surface area contributed by atoms with Gasteiger partial charge in [-0.05, 0) is 12.1 Å². The summed E-state index contributed by atoms with van der Waals surface area (Å²) in [5.41, 5.74) is 1.70. The van der Waals surface area contributed by atoms with Crippen molar-refractivity contribution in [1.82, 2.24) is 10.4 Å². The van der Waals surface area contributed by atoms with Crippen molar-refractivity contribution in [2.45, 2.75) is 14.7 Å². The number of hydrogen-bond acceptors (Lipinski definition) is 6. The minimum absolute atomic E-state index is 0.0469. The molecule has 4 N–H and O–H groups in total. The van der Waals surface area contributed by atoms with Gasteiger partial charge in [0, 0.05) is 12.4 Å². The van der Waals surface area contributed by atoms with Crippen LogP contribution in [0, 0.1) is 0 Å². The van der Waals surface area contributed by atoms with E-state index < -0.39 is 41.1 Å². The van der Waals surface area contributed by atoms with Gasteiger partial charge < -0.3 is 4.98 Å². The second-order valence-corrected chi connectivity index (χ2v) is 8.20. The molecule has 0 fully saturated rings. The highest BCUT2D eigenvalue weighted by Gasteiger charge is 2.30. The number of H-pyrrole nitrogens is 1. The normalized spacial score (nSPS) is 12.0. The van der Waals surface area contributed by atoms with Crippen molar-refractivity contribution in [3.8, 4) is 0 Å². The highest BCUT2D eigenvalue weighted by molar-refractivity contribution is 7.95. The first-order valence-electron chi connectivity index (χ1n) is 5.98. The van der Waals surface area contributed by atoms with E-state index in [4.69, 9.17) is 5.84 Å². The van der Waals surface area contributed by atoms with E-state index in [1.165, 1.54) is 24.3 Å². The highest BCUT2D eigenvalue weighted by Crippen LogP contribution is 2.27. The number of benzene rings is 1. The zero-order chi connectivity index (χ0) is 16.4. The lowest BCUT2D eigenvalue weighted by molar-refractivity contribution is -0.118. The van der Waals surface area contributed by atoms with E-state index in [0.717, 1.165) is 12.4 Å².